The van der Waals surface area contributed by atoms with Crippen LogP contribution in [0.5, 0.6) is 11.5 Å². The number of phenolic OH excluding ortho intramolecular Hbond substituents is 1. The lowest BCUT2D eigenvalue weighted by Gasteiger charge is -2.25. The molecule has 1 amide bonds. The molecule has 0 saturated carbocycles. The number of hydrogen-bond acceptors (Lipinski definition) is 8. The minimum atomic E-state index is -1.82. The number of methoxy groups -OCH3 is 1. The van der Waals surface area contributed by atoms with Crippen molar-refractivity contribution < 1.29 is 49.1 Å². The summed E-state index contributed by atoms with van der Waals surface area (Å²) in [6.07, 6.45) is 0. The summed E-state index contributed by atoms with van der Waals surface area (Å²) < 4.78 is 10.9. The highest BCUT2D eigenvalue weighted by Gasteiger charge is 2.45. The van der Waals surface area contributed by atoms with E-state index in [4.69, 9.17) is 29.3 Å². The second-order valence-corrected chi connectivity index (χ2v) is 8.87. The molecule has 0 aromatic heterocycles. The number of aliphatic carboxylic acids is 2. The van der Waals surface area contributed by atoms with Crippen molar-refractivity contribution >= 4 is 29.4 Å². The molecule has 11 nitrogen and oxygen atoms in total. The molecule has 2 aromatic rings. The minimum Gasteiger partial charge on any atom is -0.508 e. The van der Waals surface area contributed by atoms with Gasteiger partial charge in [-0.2, -0.15) is 0 Å². The van der Waals surface area contributed by atoms with E-state index in [9.17, 15) is 19.8 Å². The zero-order valence-corrected chi connectivity index (χ0v) is 21.5. The highest BCUT2D eigenvalue weighted by Crippen LogP contribution is 2.40. The number of aliphatic hydroxyl groups is 1. The van der Waals surface area contributed by atoms with Crippen molar-refractivity contribution in [2.45, 2.75) is 26.8 Å². The summed E-state index contributed by atoms with van der Waals surface area (Å²) in [5.41, 5.74) is 1.85. The molecule has 1 heterocycles. The van der Waals surface area contributed by atoms with Gasteiger partial charge in [-0.3, -0.25) is 9.59 Å². The van der Waals surface area contributed by atoms with Gasteiger partial charge in [0, 0.05) is 19.2 Å². The Bertz CT molecular complexity index is 1200. The summed E-state index contributed by atoms with van der Waals surface area (Å²) in [6, 6.07) is 10.6. The number of ketones is 1. The van der Waals surface area contributed by atoms with Crippen LogP contribution in [0.25, 0.3) is 5.76 Å². The number of carboxylic acids is 2. The topological polar surface area (TPSA) is 171 Å². The highest BCUT2D eigenvalue weighted by atomic mass is 16.5. The molecular weight excluding hydrogens is 498 g/mol. The molecule has 0 aliphatic carbocycles. The third-order valence-corrected chi connectivity index (χ3v) is 5.49. The molecule has 204 valence electrons. The third-order valence-electron chi connectivity index (χ3n) is 5.49. The van der Waals surface area contributed by atoms with Crippen LogP contribution in [0.1, 0.15) is 36.6 Å². The van der Waals surface area contributed by atoms with Crippen LogP contribution >= 0.6 is 0 Å². The lowest BCUT2D eigenvalue weighted by atomic mass is 9.94. The van der Waals surface area contributed by atoms with Crippen LogP contribution in [0.2, 0.25) is 0 Å². The number of Topliss-reactive ketones (excluding diaryl/α,β-unsaturated/α-hetero) is 1. The van der Waals surface area contributed by atoms with Gasteiger partial charge in [-0.15, -0.1) is 0 Å². The van der Waals surface area contributed by atoms with Gasteiger partial charge in [-0.1, -0.05) is 26.0 Å². The predicted octanol–water partition coefficient (Wildman–Crippen LogP) is 2.96. The van der Waals surface area contributed by atoms with Gasteiger partial charge in [0.05, 0.1) is 24.8 Å². The first-order valence-corrected chi connectivity index (χ1v) is 11.6. The minimum absolute atomic E-state index is 0.00652. The van der Waals surface area contributed by atoms with Crippen LogP contribution in [-0.4, -0.2) is 75.8 Å². The van der Waals surface area contributed by atoms with Crippen LogP contribution in [0.3, 0.4) is 0 Å². The molecule has 11 heteroatoms. The molecule has 4 N–H and O–H groups in total. The van der Waals surface area contributed by atoms with E-state index >= 15 is 0 Å². The Hall–Kier alpha value is -4.38. The molecule has 1 fully saturated rings. The molecule has 2 aromatic carbocycles. The van der Waals surface area contributed by atoms with Gasteiger partial charge >= 0.3 is 11.9 Å². The first-order valence-electron chi connectivity index (χ1n) is 11.6. The van der Waals surface area contributed by atoms with E-state index < -0.39 is 29.7 Å². The van der Waals surface area contributed by atoms with Gasteiger partial charge in [-0.05, 0) is 54.3 Å². The number of aromatic hydroxyl groups is 1. The number of amides is 1. The molecule has 0 radical (unpaired) electrons. The highest BCUT2D eigenvalue weighted by molar-refractivity contribution is 6.46. The number of likely N-dealkylation sites (tertiary alicyclic amines) is 1. The summed E-state index contributed by atoms with van der Waals surface area (Å²) >= 11 is 0. The van der Waals surface area contributed by atoms with Crippen LogP contribution in [-0.2, 0) is 23.9 Å². The lowest BCUT2D eigenvalue weighted by Crippen LogP contribution is -2.32. The number of nitrogens with zero attached hydrogens (tertiary/aromatic N) is 1. The summed E-state index contributed by atoms with van der Waals surface area (Å²) in [7, 11) is 1.51. The smallest absolute Gasteiger partial charge is 0.414 e. The maximum Gasteiger partial charge on any atom is 0.414 e. The van der Waals surface area contributed by atoms with Crippen LogP contribution in [0, 0.1) is 12.8 Å². The van der Waals surface area contributed by atoms with E-state index in [1.807, 2.05) is 6.92 Å². The molecule has 38 heavy (non-hydrogen) atoms. The van der Waals surface area contributed by atoms with Crippen molar-refractivity contribution in [2.24, 2.45) is 5.92 Å². The van der Waals surface area contributed by atoms with Gasteiger partial charge in [0.2, 0.25) is 0 Å². The zero-order chi connectivity index (χ0) is 28.6. The second kappa shape index (κ2) is 13.2. The number of carboxylic acid groups (broad SMARTS) is 2. The molecule has 0 bridgehead atoms. The molecule has 1 aliphatic rings. The van der Waals surface area contributed by atoms with Crippen LogP contribution in [0.15, 0.2) is 48.0 Å². The fraction of sp³-hybridized carbons (Fsp3) is 0.333. The molecule has 1 atom stereocenters. The number of phenols is 1. The van der Waals surface area contributed by atoms with Crippen LogP contribution in [0.4, 0.5) is 0 Å². The fourth-order valence-corrected chi connectivity index (χ4v) is 3.67. The normalized spacial score (nSPS) is 16.2. The standard InChI is InChI=1S/C25H29NO6.C2H2O4/c1-15(2)14-32-20-10-7-18(13-16(20)3)23(28)21-22(17-5-8-19(27)9-6-17)26(11-12-31-4)25(30)24(21)29;3-1(4)2(5)6/h5-10,13,15,22,27-28H,11-12,14H2,1-4H3;(H,3,4)(H,5,6)/b23-21+;. The van der Waals surface area contributed by atoms with E-state index in [1.165, 1.54) is 24.1 Å². The summed E-state index contributed by atoms with van der Waals surface area (Å²) in [4.78, 5) is 45.3. The Labute approximate surface area is 219 Å². The van der Waals surface area contributed by atoms with Gasteiger partial charge in [-0.25, -0.2) is 9.59 Å². The summed E-state index contributed by atoms with van der Waals surface area (Å²) in [6.45, 7) is 6.97. The monoisotopic (exact) mass is 529 g/mol. The molecule has 0 spiro atoms. The zero-order valence-electron chi connectivity index (χ0n) is 21.5. The fourth-order valence-electron chi connectivity index (χ4n) is 3.67. The van der Waals surface area contributed by atoms with Crippen molar-refractivity contribution in [1.29, 1.82) is 0 Å². The number of aliphatic hydroxyl groups excluding tert-OH is 1. The van der Waals surface area contributed by atoms with Crippen molar-refractivity contribution in [1.82, 2.24) is 4.90 Å². The van der Waals surface area contributed by atoms with Gasteiger partial charge in [0.15, 0.2) is 0 Å². The van der Waals surface area contributed by atoms with Gasteiger partial charge < -0.3 is 34.8 Å². The van der Waals surface area contributed by atoms with Crippen molar-refractivity contribution in [2.75, 3.05) is 26.9 Å². The number of aryl methyl sites for hydroxylation is 1. The summed E-state index contributed by atoms with van der Waals surface area (Å²) in [5, 5.41) is 35.6. The average molecular weight is 530 g/mol. The first kappa shape index (κ1) is 29.8. The molecule has 3 rings (SSSR count). The molecule has 1 aliphatic heterocycles. The Kier molecular flexibility index (Phi) is 10.4. The third kappa shape index (κ3) is 7.32. The van der Waals surface area contributed by atoms with E-state index in [0.717, 1.165) is 5.56 Å². The Morgan fingerprint density at radius 1 is 1.00 bits per heavy atom. The number of carbonyl (C=O) groups is 4. The number of benzene rings is 2. The van der Waals surface area contributed by atoms with Crippen LogP contribution < -0.4 is 4.74 Å². The maximum atomic E-state index is 12.9. The Balaban J connectivity index is 0.000000757. The Morgan fingerprint density at radius 3 is 2.11 bits per heavy atom. The first-order chi connectivity index (χ1) is 17.9. The van der Waals surface area contributed by atoms with Crippen molar-refractivity contribution in [3.05, 3.63) is 64.7 Å². The lowest BCUT2D eigenvalue weighted by molar-refractivity contribution is -0.159. The molecule has 1 unspecified atom stereocenters. The van der Waals surface area contributed by atoms with E-state index in [2.05, 4.69) is 13.8 Å². The number of ether oxygens (including phenoxy) is 2. The maximum absolute atomic E-state index is 12.9. The predicted molar refractivity (Wildman–Crippen MR) is 136 cm³/mol. The number of rotatable bonds is 8. The van der Waals surface area contributed by atoms with E-state index in [-0.39, 0.29) is 30.2 Å². The second-order valence-electron chi connectivity index (χ2n) is 8.87. The Morgan fingerprint density at radius 2 is 1.61 bits per heavy atom. The van der Waals surface area contributed by atoms with Crippen molar-refractivity contribution in [3.63, 3.8) is 0 Å². The average Bonchev–Trinajstić information content (AvgIpc) is 3.11. The molecule has 1 saturated heterocycles. The number of hydrogen-bond donors (Lipinski definition) is 4. The molecular formula is C27H31NO10. The number of carbonyl (C=O) groups excluding carboxylic acids is 2. The van der Waals surface area contributed by atoms with E-state index in [1.54, 1.807) is 30.3 Å². The van der Waals surface area contributed by atoms with Gasteiger partial charge in [0.25, 0.3) is 11.7 Å². The summed E-state index contributed by atoms with van der Waals surface area (Å²) in [5.74, 6) is -4.22. The van der Waals surface area contributed by atoms with Gasteiger partial charge in [0.1, 0.15) is 17.3 Å². The largest absolute Gasteiger partial charge is 0.508 e. The SMILES string of the molecule is COCCN1C(=O)C(=O)/C(=C(/O)c2ccc(OCC(C)C)c(C)c2)C1c1ccc(O)cc1.O=C(O)C(=O)O. The quantitative estimate of drug-likeness (QED) is 0.226. The van der Waals surface area contributed by atoms with E-state index in [0.29, 0.717) is 29.4 Å². The van der Waals surface area contributed by atoms with Crippen molar-refractivity contribution in [3.8, 4) is 11.5 Å².